The van der Waals surface area contributed by atoms with Crippen LogP contribution in [0.1, 0.15) is 19.1 Å². The van der Waals surface area contributed by atoms with Gasteiger partial charge in [0.1, 0.15) is 29.8 Å². The van der Waals surface area contributed by atoms with Gasteiger partial charge in [0.2, 0.25) is 0 Å². The van der Waals surface area contributed by atoms with Gasteiger partial charge in [0, 0.05) is 6.42 Å². The molecule has 2 aromatic heterocycles. The SMILES string of the molecule is N#CCC[P+](=O)C(Oc1ccccc1Cl)[C@@H]1C[C@@H](O)[C@H](n2cnc3c(N)ncnc32)O1. The lowest BCUT2D eigenvalue weighted by Crippen LogP contribution is -2.29. The van der Waals surface area contributed by atoms with Crippen LogP contribution in [0.25, 0.3) is 11.2 Å². The average Bonchev–Trinajstić information content (AvgIpc) is 3.35. The van der Waals surface area contributed by atoms with E-state index in [9.17, 15) is 9.67 Å². The van der Waals surface area contributed by atoms with E-state index in [2.05, 4.69) is 15.0 Å². The summed E-state index contributed by atoms with van der Waals surface area (Å²) in [5.41, 5.74) is 6.64. The second-order valence-corrected chi connectivity index (χ2v) is 9.14. The molecule has 1 aromatic carbocycles. The summed E-state index contributed by atoms with van der Waals surface area (Å²) in [4.78, 5) is 12.3. The molecule has 0 spiro atoms. The standard InChI is InChI=1S/C19H19ClN6O4P/c20-11-4-1-2-5-13(11)30-19(31(28)7-3-6-21)14-8-12(27)18(29-14)26-10-25-15-16(22)23-9-24-17(15)26/h1-2,4-5,9-10,12,14,18-19,27H,3,7-8H2,(H2,22,23,24)/q+1/t12-,14+,18-,19?/m1/s1. The molecule has 1 aliphatic heterocycles. The predicted molar refractivity (Wildman–Crippen MR) is 113 cm³/mol. The molecule has 0 bridgehead atoms. The molecular weight excluding hydrogens is 443 g/mol. The molecule has 12 heteroatoms. The fourth-order valence-corrected chi connectivity index (χ4v) is 5.00. The van der Waals surface area contributed by atoms with Gasteiger partial charge in [-0.25, -0.2) is 15.0 Å². The molecule has 3 N–H and O–H groups in total. The lowest BCUT2D eigenvalue weighted by atomic mass is 10.2. The highest BCUT2D eigenvalue weighted by atomic mass is 35.5. The maximum Gasteiger partial charge on any atom is 0.386 e. The molecule has 160 valence electrons. The van der Waals surface area contributed by atoms with Crippen LogP contribution in [0.4, 0.5) is 5.82 Å². The van der Waals surface area contributed by atoms with E-state index in [1.54, 1.807) is 28.8 Å². The van der Waals surface area contributed by atoms with Gasteiger partial charge in [-0.3, -0.25) is 4.57 Å². The Labute approximate surface area is 183 Å². The number of benzene rings is 1. The number of nitrogen functional groups attached to an aromatic ring is 1. The van der Waals surface area contributed by atoms with E-state index in [0.717, 1.165) is 0 Å². The molecule has 0 saturated carbocycles. The molecule has 3 heterocycles. The number of aromatic nitrogens is 4. The van der Waals surface area contributed by atoms with E-state index >= 15 is 0 Å². The first kappa shape index (κ1) is 21.4. The van der Waals surface area contributed by atoms with E-state index in [4.69, 9.17) is 32.1 Å². The van der Waals surface area contributed by atoms with Gasteiger partial charge in [-0.05, 0) is 12.1 Å². The second-order valence-electron chi connectivity index (χ2n) is 6.94. The Kier molecular flexibility index (Phi) is 6.30. The number of ether oxygens (including phenoxy) is 2. The lowest BCUT2D eigenvalue weighted by Gasteiger charge is -2.19. The van der Waals surface area contributed by atoms with Crippen LogP contribution in [0.15, 0.2) is 36.9 Å². The van der Waals surface area contributed by atoms with E-state index in [1.165, 1.54) is 12.7 Å². The monoisotopic (exact) mass is 461 g/mol. The number of aliphatic hydroxyl groups excluding tert-OH is 1. The Morgan fingerprint density at radius 2 is 2.23 bits per heavy atom. The number of anilines is 1. The Hall–Kier alpha value is -2.83. The van der Waals surface area contributed by atoms with Gasteiger partial charge in [-0.15, -0.1) is 0 Å². The zero-order chi connectivity index (χ0) is 22.0. The zero-order valence-corrected chi connectivity index (χ0v) is 17.9. The first-order valence-corrected chi connectivity index (χ1v) is 11.4. The highest BCUT2D eigenvalue weighted by molar-refractivity contribution is 7.45. The molecule has 4 rings (SSSR count). The molecule has 0 amide bonds. The van der Waals surface area contributed by atoms with Gasteiger partial charge < -0.3 is 20.3 Å². The number of hydrogen-bond acceptors (Lipinski definition) is 9. The normalized spacial score (nSPS) is 22.2. The minimum atomic E-state index is -1.99. The van der Waals surface area contributed by atoms with Crippen LogP contribution in [-0.4, -0.2) is 48.8 Å². The Bertz CT molecular complexity index is 1150. The van der Waals surface area contributed by atoms with Crippen LogP contribution < -0.4 is 10.5 Å². The maximum atomic E-state index is 13.0. The zero-order valence-electron chi connectivity index (χ0n) is 16.2. The van der Waals surface area contributed by atoms with Crippen LogP contribution in [0.2, 0.25) is 5.02 Å². The summed E-state index contributed by atoms with van der Waals surface area (Å²) < 4.78 is 26.6. The first-order chi connectivity index (χ1) is 15.0. The first-order valence-electron chi connectivity index (χ1n) is 9.48. The van der Waals surface area contributed by atoms with Gasteiger partial charge in [0.15, 0.2) is 23.9 Å². The van der Waals surface area contributed by atoms with Crippen LogP contribution in [0.3, 0.4) is 0 Å². The molecule has 1 aliphatic rings. The van der Waals surface area contributed by atoms with Crippen molar-refractivity contribution >= 4 is 36.4 Å². The van der Waals surface area contributed by atoms with Crippen molar-refractivity contribution in [2.45, 2.75) is 37.1 Å². The van der Waals surface area contributed by atoms with Crippen molar-refractivity contribution in [3.63, 3.8) is 0 Å². The minimum absolute atomic E-state index is 0.110. The molecule has 0 aliphatic carbocycles. The molecule has 2 unspecified atom stereocenters. The molecule has 1 fully saturated rings. The van der Waals surface area contributed by atoms with E-state index in [-0.39, 0.29) is 24.8 Å². The Balaban J connectivity index is 1.61. The summed E-state index contributed by atoms with van der Waals surface area (Å²) in [5, 5.41) is 20.0. The van der Waals surface area contributed by atoms with Gasteiger partial charge >= 0.3 is 13.6 Å². The van der Waals surface area contributed by atoms with E-state index in [0.29, 0.717) is 21.9 Å². The average molecular weight is 462 g/mol. The molecule has 5 atom stereocenters. The number of fused-ring (bicyclic) bond motifs is 1. The summed E-state index contributed by atoms with van der Waals surface area (Å²) in [6, 6.07) is 8.81. The third-order valence-electron chi connectivity index (χ3n) is 4.91. The third-order valence-corrected chi connectivity index (χ3v) is 6.89. The van der Waals surface area contributed by atoms with Crippen molar-refractivity contribution in [1.82, 2.24) is 19.5 Å². The highest BCUT2D eigenvalue weighted by Gasteiger charge is 2.49. The molecular formula is C19H19ClN6O4P+. The van der Waals surface area contributed by atoms with E-state index in [1.807, 2.05) is 6.07 Å². The van der Waals surface area contributed by atoms with Crippen LogP contribution >= 0.6 is 19.4 Å². The number of imidazole rings is 1. The molecule has 1 saturated heterocycles. The minimum Gasteiger partial charge on any atom is -0.443 e. The molecule has 0 radical (unpaired) electrons. The lowest BCUT2D eigenvalue weighted by molar-refractivity contribution is -0.0527. The second kappa shape index (κ2) is 9.12. The third kappa shape index (κ3) is 4.31. The summed E-state index contributed by atoms with van der Waals surface area (Å²) >= 11 is 6.20. The number of hydrogen-bond donors (Lipinski definition) is 2. The van der Waals surface area contributed by atoms with E-state index < -0.39 is 32.1 Å². The number of aliphatic hydroxyl groups is 1. The fourth-order valence-electron chi connectivity index (χ4n) is 3.45. The molecule has 31 heavy (non-hydrogen) atoms. The Morgan fingerprint density at radius 1 is 1.42 bits per heavy atom. The number of rotatable bonds is 7. The highest BCUT2D eigenvalue weighted by Crippen LogP contribution is 2.42. The quantitative estimate of drug-likeness (QED) is 0.506. The van der Waals surface area contributed by atoms with Gasteiger partial charge in [-0.1, -0.05) is 28.3 Å². The smallest absolute Gasteiger partial charge is 0.386 e. The predicted octanol–water partition coefficient (Wildman–Crippen LogP) is 2.86. The number of halogens is 1. The largest absolute Gasteiger partial charge is 0.443 e. The van der Waals surface area contributed by atoms with Crippen molar-refractivity contribution < 1.29 is 19.1 Å². The summed E-state index contributed by atoms with van der Waals surface area (Å²) in [6.45, 7) is 0. The topological polar surface area (TPSA) is 149 Å². The molecule has 10 nitrogen and oxygen atoms in total. The van der Waals surface area contributed by atoms with Gasteiger partial charge in [-0.2, -0.15) is 5.26 Å². The van der Waals surface area contributed by atoms with Crippen LogP contribution in [-0.2, 0) is 9.30 Å². The van der Waals surface area contributed by atoms with Crippen LogP contribution in [0, 0.1) is 11.3 Å². The summed E-state index contributed by atoms with van der Waals surface area (Å²) in [7, 11) is -1.99. The van der Waals surface area contributed by atoms with Crippen molar-refractivity contribution in [3.8, 4) is 11.8 Å². The van der Waals surface area contributed by atoms with Crippen molar-refractivity contribution in [3.05, 3.63) is 41.9 Å². The van der Waals surface area contributed by atoms with Crippen molar-refractivity contribution in [2.24, 2.45) is 0 Å². The van der Waals surface area contributed by atoms with Gasteiger partial charge in [0.25, 0.3) is 0 Å². The summed E-state index contributed by atoms with van der Waals surface area (Å²) in [6.07, 6.45) is 0.695. The Morgan fingerprint density at radius 3 is 3.00 bits per heavy atom. The van der Waals surface area contributed by atoms with Crippen molar-refractivity contribution in [2.75, 3.05) is 11.9 Å². The number of nitrogens with zero attached hydrogens (tertiary/aromatic N) is 5. The van der Waals surface area contributed by atoms with Gasteiger partial charge in [0.05, 0.1) is 23.8 Å². The van der Waals surface area contributed by atoms with Crippen LogP contribution in [0.5, 0.6) is 5.75 Å². The number of para-hydroxylation sites is 1. The number of nitrogens with two attached hydrogens (primary N) is 1. The number of nitriles is 1. The molecule has 3 aromatic rings. The summed E-state index contributed by atoms with van der Waals surface area (Å²) in [5.74, 6) is -0.339. The van der Waals surface area contributed by atoms with Crippen molar-refractivity contribution in [1.29, 1.82) is 5.26 Å². The fraction of sp³-hybridized carbons (Fsp3) is 0.368. The maximum absolute atomic E-state index is 13.0.